The second kappa shape index (κ2) is 7.05. The predicted molar refractivity (Wildman–Crippen MR) is 94.6 cm³/mol. The standard InChI is InChI=1S/C11H15ClO.C8H7ClO2/c12-10(13)11-4-7-1-8(5-11)3-9(2-7)6-11;1-11-7-4-2-6(3-5-7)8(9)10/h7-9H,1-6H2;2-5H,1H3. The molecule has 4 aliphatic carbocycles. The Morgan fingerprint density at radius 2 is 1.42 bits per heavy atom. The van der Waals surface area contributed by atoms with E-state index in [2.05, 4.69) is 0 Å². The fourth-order valence-corrected chi connectivity index (χ4v) is 5.43. The summed E-state index contributed by atoms with van der Waals surface area (Å²) in [5.74, 6) is 3.20. The van der Waals surface area contributed by atoms with Gasteiger partial charge in [-0.1, -0.05) is 0 Å². The summed E-state index contributed by atoms with van der Waals surface area (Å²) in [7, 11) is 1.57. The third kappa shape index (κ3) is 3.62. The number of carbonyl (C=O) groups is 2. The highest BCUT2D eigenvalue weighted by molar-refractivity contribution is 6.67. The van der Waals surface area contributed by atoms with Crippen LogP contribution >= 0.6 is 23.2 Å². The van der Waals surface area contributed by atoms with Gasteiger partial charge in [0.15, 0.2) is 0 Å². The van der Waals surface area contributed by atoms with Crippen LogP contribution in [-0.2, 0) is 4.79 Å². The molecule has 1 aromatic carbocycles. The Morgan fingerprint density at radius 1 is 0.958 bits per heavy atom. The van der Waals surface area contributed by atoms with Gasteiger partial charge in [-0.15, -0.1) is 0 Å². The second-order valence-electron chi connectivity index (χ2n) is 7.47. The highest BCUT2D eigenvalue weighted by Crippen LogP contribution is 2.60. The Labute approximate surface area is 152 Å². The fraction of sp³-hybridized carbons (Fsp3) is 0.579. The SMILES string of the molecule is COc1ccc(C(=O)Cl)cc1.O=C(Cl)C12CC3CC(CC(C3)C1)C2. The van der Waals surface area contributed by atoms with E-state index in [1.54, 1.807) is 31.4 Å². The van der Waals surface area contributed by atoms with Gasteiger partial charge in [0.05, 0.1) is 7.11 Å². The predicted octanol–water partition coefficient (Wildman–Crippen LogP) is 5.04. The Hall–Kier alpha value is -1.06. The molecule has 0 heterocycles. The van der Waals surface area contributed by atoms with E-state index in [0.29, 0.717) is 11.3 Å². The maximum Gasteiger partial charge on any atom is 0.252 e. The van der Waals surface area contributed by atoms with Crippen molar-refractivity contribution >= 4 is 33.7 Å². The molecule has 0 unspecified atom stereocenters. The van der Waals surface area contributed by atoms with Crippen LogP contribution in [0.3, 0.4) is 0 Å². The summed E-state index contributed by atoms with van der Waals surface area (Å²) in [6, 6.07) is 6.62. The zero-order valence-electron chi connectivity index (χ0n) is 13.8. The number of halogens is 2. The molecule has 0 aliphatic heterocycles. The zero-order valence-corrected chi connectivity index (χ0v) is 15.3. The lowest BCUT2D eigenvalue weighted by atomic mass is 9.50. The molecule has 0 radical (unpaired) electrons. The second-order valence-corrected chi connectivity index (χ2v) is 8.16. The summed E-state index contributed by atoms with van der Waals surface area (Å²) in [5.41, 5.74) is 0.406. The van der Waals surface area contributed by atoms with E-state index < -0.39 is 5.24 Å². The molecule has 24 heavy (non-hydrogen) atoms. The monoisotopic (exact) mass is 368 g/mol. The van der Waals surface area contributed by atoms with Gasteiger partial charge in [-0.3, -0.25) is 9.59 Å². The van der Waals surface area contributed by atoms with Crippen molar-refractivity contribution < 1.29 is 14.3 Å². The van der Waals surface area contributed by atoms with Gasteiger partial charge in [0.1, 0.15) is 5.75 Å². The van der Waals surface area contributed by atoms with Crippen molar-refractivity contribution in [2.45, 2.75) is 38.5 Å². The molecule has 0 amide bonds. The van der Waals surface area contributed by atoms with Gasteiger partial charge in [-0.25, -0.2) is 0 Å². The van der Waals surface area contributed by atoms with Crippen LogP contribution in [0.1, 0.15) is 48.9 Å². The first-order chi connectivity index (χ1) is 11.4. The van der Waals surface area contributed by atoms with Crippen LogP contribution in [0.2, 0.25) is 0 Å². The van der Waals surface area contributed by atoms with E-state index in [9.17, 15) is 9.59 Å². The van der Waals surface area contributed by atoms with Gasteiger partial charge in [-0.2, -0.15) is 0 Å². The Morgan fingerprint density at radius 3 is 1.75 bits per heavy atom. The van der Waals surface area contributed by atoms with Crippen molar-refractivity contribution in [1.82, 2.24) is 0 Å². The molecule has 0 aromatic heterocycles. The molecule has 0 saturated heterocycles. The molecule has 1 aromatic rings. The van der Waals surface area contributed by atoms with E-state index >= 15 is 0 Å². The minimum Gasteiger partial charge on any atom is -0.497 e. The fourth-order valence-electron chi connectivity index (χ4n) is 5.07. The van der Waals surface area contributed by atoms with Crippen LogP contribution in [0.25, 0.3) is 0 Å². The summed E-state index contributed by atoms with van der Waals surface area (Å²) >= 11 is 11.0. The highest BCUT2D eigenvalue weighted by atomic mass is 35.5. The van der Waals surface area contributed by atoms with E-state index in [1.807, 2.05) is 0 Å². The molecule has 5 rings (SSSR count). The molecule has 4 bridgehead atoms. The average Bonchev–Trinajstić information content (AvgIpc) is 2.54. The van der Waals surface area contributed by atoms with E-state index in [4.69, 9.17) is 27.9 Å². The van der Waals surface area contributed by atoms with Crippen molar-refractivity contribution in [3.63, 3.8) is 0 Å². The lowest BCUT2D eigenvalue weighted by Gasteiger charge is -2.55. The Kier molecular flexibility index (Phi) is 5.22. The van der Waals surface area contributed by atoms with E-state index in [1.165, 1.54) is 19.3 Å². The molecular formula is C19H22Cl2O3. The van der Waals surface area contributed by atoms with Gasteiger partial charge >= 0.3 is 0 Å². The first kappa shape index (κ1) is 17.8. The number of benzene rings is 1. The van der Waals surface area contributed by atoms with Crippen LogP contribution in [0.4, 0.5) is 0 Å². The van der Waals surface area contributed by atoms with E-state index in [0.717, 1.165) is 37.0 Å². The first-order valence-electron chi connectivity index (χ1n) is 8.45. The minimum absolute atomic E-state index is 0.0356. The number of rotatable bonds is 3. The van der Waals surface area contributed by atoms with Gasteiger partial charge < -0.3 is 4.74 Å². The molecule has 0 spiro atoms. The molecule has 4 fully saturated rings. The van der Waals surface area contributed by atoms with Crippen LogP contribution in [-0.4, -0.2) is 17.6 Å². The maximum absolute atomic E-state index is 11.5. The summed E-state index contributed by atoms with van der Waals surface area (Å²) < 4.78 is 4.89. The third-order valence-electron chi connectivity index (χ3n) is 5.77. The van der Waals surface area contributed by atoms with Gasteiger partial charge in [-0.05, 0) is 104 Å². The van der Waals surface area contributed by atoms with Gasteiger partial charge in [0.2, 0.25) is 5.24 Å². The molecule has 4 aliphatic rings. The smallest absolute Gasteiger partial charge is 0.252 e. The molecule has 3 nitrogen and oxygen atoms in total. The third-order valence-corrected chi connectivity index (χ3v) is 6.39. The quantitative estimate of drug-likeness (QED) is 0.701. The molecule has 4 saturated carbocycles. The zero-order chi connectivity index (χ0) is 17.3. The van der Waals surface area contributed by atoms with E-state index in [-0.39, 0.29) is 10.7 Å². The number of hydrogen-bond acceptors (Lipinski definition) is 3. The molecule has 0 N–H and O–H groups in total. The lowest BCUT2D eigenvalue weighted by Crippen LogP contribution is -2.48. The number of carbonyl (C=O) groups excluding carboxylic acids is 2. The molecule has 0 atom stereocenters. The first-order valence-corrected chi connectivity index (χ1v) is 9.21. The largest absolute Gasteiger partial charge is 0.497 e. The van der Waals surface area contributed by atoms with Gasteiger partial charge in [0.25, 0.3) is 5.24 Å². The van der Waals surface area contributed by atoms with Crippen LogP contribution in [0.5, 0.6) is 5.75 Å². The topological polar surface area (TPSA) is 43.4 Å². The summed E-state index contributed by atoms with van der Waals surface area (Å²) in [6.45, 7) is 0. The van der Waals surface area contributed by atoms with Crippen LogP contribution in [0.15, 0.2) is 24.3 Å². The van der Waals surface area contributed by atoms with Crippen LogP contribution in [0, 0.1) is 23.2 Å². The minimum atomic E-state index is -0.451. The van der Waals surface area contributed by atoms with Crippen LogP contribution < -0.4 is 4.74 Å². The Bertz CT molecular complexity index is 589. The molecule has 130 valence electrons. The molecular weight excluding hydrogens is 347 g/mol. The van der Waals surface area contributed by atoms with Crippen molar-refractivity contribution in [3.8, 4) is 5.75 Å². The highest BCUT2D eigenvalue weighted by Gasteiger charge is 2.53. The normalized spacial score (nSPS) is 32.7. The number of methoxy groups -OCH3 is 1. The summed E-state index contributed by atoms with van der Waals surface area (Å²) in [4.78, 5) is 22.0. The Balaban J connectivity index is 0.000000144. The lowest BCUT2D eigenvalue weighted by molar-refractivity contribution is -0.135. The number of ether oxygens (including phenoxy) is 1. The van der Waals surface area contributed by atoms with Gasteiger partial charge in [0, 0.05) is 11.0 Å². The van der Waals surface area contributed by atoms with Crippen molar-refractivity contribution in [3.05, 3.63) is 29.8 Å². The van der Waals surface area contributed by atoms with Crippen molar-refractivity contribution in [1.29, 1.82) is 0 Å². The molecule has 5 heteroatoms. The number of hydrogen-bond donors (Lipinski definition) is 0. The maximum atomic E-state index is 11.5. The summed E-state index contributed by atoms with van der Waals surface area (Å²) in [6.07, 6.45) is 7.43. The van der Waals surface area contributed by atoms with Crippen molar-refractivity contribution in [2.75, 3.05) is 7.11 Å². The van der Waals surface area contributed by atoms with Crippen molar-refractivity contribution in [2.24, 2.45) is 23.2 Å². The summed E-state index contributed by atoms with van der Waals surface area (Å²) in [5, 5.41) is -0.487. The average molecular weight is 369 g/mol.